The van der Waals surface area contributed by atoms with Crippen molar-refractivity contribution in [2.24, 2.45) is 0 Å². The van der Waals surface area contributed by atoms with Gasteiger partial charge in [0.1, 0.15) is 0 Å². The molecular formula is C10H16OS. The lowest BCUT2D eigenvalue weighted by Crippen LogP contribution is -1.94. The summed E-state index contributed by atoms with van der Waals surface area (Å²) in [5, 5.41) is 12.0. The summed E-state index contributed by atoms with van der Waals surface area (Å²) in [7, 11) is 0. The van der Waals surface area contributed by atoms with Crippen LogP contribution in [0.2, 0.25) is 0 Å². The summed E-state index contributed by atoms with van der Waals surface area (Å²) in [5.41, 5.74) is 1.14. The van der Waals surface area contributed by atoms with Crippen LogP contribution in [-0.2, 0) is 0 Å². The van der Waals surface area contributed by atoms with Crippen molar-refractivity contribution in [3.8, 4) is 5.06 Å². The lowest BCUT2D eigenvalue weighted by molar-refractivity contribution is 0.470. The minimum absolute atomic E-state index is 0.510. The molecule has 0 fully saturated rings. The predicted octanol–water partition coefficient (Wildman–Crippen LogP) is 3.75. The Morgan fingerprint density at radius 1 is 1.50 bits per heavy atom. The van der Waals surface area contributed by atoms with E-state index in [1.54, 1.807) is 0 Å². The molecule has 0 amide bonds. The van der Waals surface area contributed by atoms with E-state index in [9.17, 15) is 5.11 Å². The van der Waals surface area contributed by atoms with Crippen molar-refractivity contribution < 1.29 is 5.11 Å². The van der Waals surface area contributed by atoms with E-state index in [1.165, 1.54) is 24.2 Å². The Labute approximate surface area is 78.1 Å². The van der Waals surface area contributed by atoms with Crippen LogP contribution in [0, 0.1) is 0 Å². The lowest BCUT2D eigenvalue weighted by Gasteiger charge is -2.11. The topological polar surface area (TPSA) is 20.2 Å². The van der Waals surface area contributed by atoms with E-state index in [4.69, 9.17) is 0 Å². The molecule has 1 heterocycles. The molecule has 0 aromatic carbocycles. The van der Waals surface area contributed by atoms with Gasteiger partial charge in [-0.05, 0) is 30.2 Å². The highest BCUT2D eigenvalue weighted by Crippen LogP contribution is 2.35. The number of hydrogen-bond acceptors (Lipinski definition) is 2. The molecule has 1 atom stereocenters. The van der Waals surface area contributed by atoms with Crippen LogP contribution >= 0.6 is 11.3 Å². The molecule has 0 aliphatic carbocycles. The molecule has 0 saturated heterocycles. The first kappa shape index (κ1) is 9.59. The first-order chi connectivity index (χ1) is 5.79. The molecule has 1 aromatic rings. The first-order valence-corrected chi connectivity index (χ1v) is 5.43. The van der Waals surface area contributed by atoms with Crippen molar-refractivity contribution in [1.82, 2.24) is 0 Å². The summed E-state index contributed by atoms with van der Waals surface area (Å²) < 4.78 is 0. The lowest BCUT2D eigenvalue weighted by atomic mass is 9.94. The second-order valence-corrected chi connectivity index (χ2v) is 3.97. The van der Waals surface area contributed by atoms with Crippen LogP contribution in [0.1, 0.15) is 44.6 Å². The average molecular weight is 184 g/mol. The van der Waals surface area contributed by atoms with Gasteiger partial charge in [0.2, 0.25) is 0 Å². The van der Waals surface area contributed by atoms with Gasteiger partial charge in [-0.2, -0.15) is 0 Å². The Bertz CT molecular complexity index is 229. The van der Waals surface area contributed by atoms with Crippen LogP contribution in [0.15, 0.2) is 11.4 Å². The molecule has 0 spiro atoms. The highest BCUT2D eigenvalue weighted by atomic mass is 32.1. The normalized spacial score (nSPS) is 13.2. The third kappa shape index (κ3) is 2.01. The second kappa shape index (κ2) is 4.51. The monoisotopic (exact) mass is 184 g/mol. The van der Waals surface area contributed by atoms with Crippen LogP contribution in [-0.4, -0.2) is 5.11 Å². The van der Waals surface area contributed by atoms with Crippen molar-refractivity contribution in [1.29, 1.82) is 0 Å². The molecule has 0 radical (unpaired) electrons. The van der Waals surface area contributed by atoms with Crippen LogP contribution < -0.4 is 0 Å². The van der Waals surface area contributed by atoms with Gasteiger partial charge in [-0.25, -0.2) is 0 Å². The van der Waals surface area contributed by atoms with Gasteiger partial charge in [-0.1, -0.05) is 20.3 Å². The second-order valence-electron chi connectivity index (χ2n) is 3.07. The average Bonchev–Trinajstić information content (AvgIpc) is 2.47. The van der Waals surface area contributed by atoms with Gasteiger partial charge >= 0.3 is 0 Å². The quantitative estimate of drug-likeness (QED) is 0.755. The van der Waals surface area contributed by atoms with E-state index in [1.807, 2.05) is 11.4 Å². The SMILES string of the molecule is CCCC(CC)c1ccsc1O. The van der Waals surface area contributed by atoms with E-state index in [0.29, 0.717) is 11.0 Å². The Kier molecular flexibility index (Phi) is 3.60. The molecule has 0 saturated carbocycles. The smallest absolute Gasteiger partial charge is 0.174 e. The molecular weight excluding hydrogens is 168 g/mol. The summed E-state index contributed by atoms with van der Waals surface area (Å²) in [6.45, 7) is 4.36. The van der Waals surface area contributed by atoms with E-state index < -0.39 is 0 Å². The molecule has 1 unspecified atom stereocenters. The number of aromatic hydroxyl groups is 1. The Morgan fingerprint density at radius 2 is 2.25 bits per heavy atom. The summed E-state index contributed by atoms with van der Waals surface area (Å²) >= 11 is 1.43. The third-order valence-corrected chi connectivity index (χ3v) is 2.98. The van der Waals surface area contributed by atoms with E-state index in [2.05, 4.69) is 13.8 Å². The summed E-state index contributed by atoms with van der Waals surface area (Å²) in [4.78, 5) is 0. The Morgan fingerprint density at radius 3 is 2.67 bits per heavy atom. The standard InChI is InChI=1S/C10H16OS/c1-3-5-8(4-2)9-6-7-12-10(9)11/h6-8,11H,3-5H2,1-2H3. The van der Waals surface area contributed by atoms with E-state index in [0.717, 1.165) is 12.0 Å². The molecule has 68 valence electrons. The van der Waals surface area contributed by atoms with Crippen LogP contribution in [0.25, 0.3) is 0 Å². The maximum atomic E-state index is 9.50. The molecule has 12 heavy (non-hydrogen) atoms. The van der Waals surface area contributed by atoms with Crippen LogP contribution in [0.4, 0.5) is 0 Å². The van der Waals surface area contributed by atoms with E-state index >= 15 is 0 Å². The number of thiophene rings is 1. The molecule has 0 aliphatic rings. The van der Waals surface area contributed by atoms with Gasteiger partial charge in [0, 0.05) is 5.56 Å². The third-order valence-electron chi connectivity index (χ3n) is 2.24. The summed E-state index contributed by atoms with van der Waals surface area (Å²) in [6, 6.07) is 2.05. The summed E-state index contributed by atoms with van der Waals surface area (Å²) in [6.07, 6.45) is 3.49. The number of rotatable bonds is 4. The largest absolute Gasteiger partial charge is 0.499 e. The zero-order valence-corrected chi connectivity index (χ0v) is 8.53. The van der Waals surface area contributed by atoms with Crippen molar-refractivity contribution in [3.63, 3.8) is 0 Å². The molecule has 1 N–H and O–H groups in total. The fourth-order valence-corrected chi connectivity index (χ4v) is 2.26. The van der Waals surface area contributed by atoms with Crippen molar-refractivity contribution >= 4 is 11.3 Å². The van der Waals surface area contributed by atoms with Gasteiger partial charge in [-0.15, -0.1) is 11.3 Å². The van der Waals surface area contributed by atoms with E-state index in [-0.39, 0.29) is 0 Å². The van der Waals surface area contributed by atoms with Crippen LogP contribution in [0.5, 0.6) is 5.06 Å². The van der Waals surface area contributed by atoms with Crippen molar-refractivity contribution in [2.45, 2.75) is 39.0 Å². The Hall–Kier alpha value is -0.500. The molecule has 2 heteroatoms. The summed E-state index contributed by atoms with van der Waals surface area (Å²) in [5.74, 6) is 0.557. The fraction of sp³-hybridized carbons (Fsp3) is 0.600. The van der Waals surface area contributed by atoms with Gasteiger partial charge in [0.15, 0.2) is 5.06 Å². The van der Waals surface area contributed by atoms with Gasteiger partial charge < -0.3 is 5.11 Å². The highest BCUT2D eigenvalue weighted by molar-refractivity contribution is 7.11. The molecule has 0 aliphatic heterocycles. The predicted molar refractivity (Wildman–Crippen MR) is 53.9 cm³/mol. The fourth-order valence-electron chi connectivity index (χ4n) is 1.55. The van der Waals surface area contributed by atoms with Crippen molar-refractivity contribution in [2.75, 3.05) is 0 Å². The van der Waals surface area contributed by atoms with Gasteiger partial charge in [0.05, 0.1) is 0 Å². The minimum Gasteiger partial charge on any atom is -0.499 e. The maximum absolute atomic E-state index is 9.50. The zero-order chi connectivity index (χ0) is 8.97. The van der Waals surface area contributed by atoms with Crippen molar-refractivity contribution in [3.05, 3.63) is 17.0 Å². The molecule has 1 aromatic heterocycles. The minimum atomic E-state index is 0.510. The van der Waals surface area contributed by atoms with Crippen LogP contribution in [0.3, 0.4) is 0 Å². The Balaban J connectivity index is 2.72. The zero-order valence-electron chi connectivity index (χ0n) is 7.71. The highest BCUT2D eigenvalue weighted by Gasteiger charge is 2.12. The molecule has 0 bridgehead atoms. The maximum Gasteiger partial charge on any atom is 0.174 e. The number of hydrogen-bond donors (Lipinski definition) is 1. The van der Waals surface area contributed by atoms with Gasteiger partial charge in [-0.3, -0.25) is 0 Å². The first-order valence-electron chi connectivity index (χ1n) is 4.55. The molecule has 1 nitrogen and oxygen atoms in total. The van der Waals surface area contributed by atoms with Gasteiger partial charge in [0.25, 0.3) is 0 Å². The molecule has 1 rings (SSSR count).